The minimum atomic E-state index is -0.919. The molecule has 1 heterocycles. The number of anilines is 1. The van der Waals surface area contributed by atoms with Crippen molar-refractivity contribution in [2.24, 2.45) is 5.92 Å². The van der Waals surface area contributed by atoms with E-state index in [9.17, 15) is 24.0 Å². The van der Waals surface area contributed by atoms with E-state index in [0.717, 1.165) is 6.42 Å². The number of nitrogens with one attached hydrogen (secondary N) is 3. The number of carbonyl (C=O) groups is 4. The van der Waals surface area contributed by atoms with Gasteiger partial charge in [0.05, 0.1) is 6.61 Å². The minimum absolute atomic E-state index is 0.00278. The first kappa shape index (κ1) is 28.6. The van der Waals surface area contributed by atoms with Gasteiger partial charge in [0, 0.05) is 25.2 Å². The van der Waals surface area contributed by atoms with Gasteiger partial charge < -0.3 is 25.3 Å². The third-order valence-electron chi connectivity index (χ3n) is 4.85. The average Bonchev–Trinajstić information content (AvgIpc) is 2.75. The zero-order valence-electron chi connectivity index (χ0n) is 20.6. The van der Waals surface area contributed by atoms with Crippen molar-refractivity contribution >= 4 is 29.4 Å². The maximum Gasteiger partial charge on any atom is 0.330 e. The molecule has 0 aromatic carbocycles. The van der Waals surface area contributed by atoms with Gasteiger partial charge in [-0.1, -0.05) is 19.9 Å². The standard InChI is InChI=1S/C24H36N4O6/c1-6-34-22(31)10-8-7-9-19(26-18(5)29)23(32)27-20-12-11-17(4)28(24(20)33)15-21(30)25-14-13-16(2)3/h8,10-12,16,19H,6-7,9,13-15H2,1-5H3,(H,25,30)(H,26,29)(H,27,32)/b10-8+. The van der Waals surface area contributed by atoms with Gasteiger partial charge in [-0.15, -0.1) is 0 Å². The van der Waals surface area contributed by atoms with Crippen LogP contribution in [0.1, 0.15) is 52.7 Å². The van der Waals surface area contributed by atoms with Crippen LogP contribution in [-0.2, 0) is 30.5 Å². The van der Waals surface area contributed by atoms with E-state index in [0.29, 0.717) is 24.6 Å². The Morgan fingerprint density at radius 1 is 1.15 bits per heavy atom. The number of hydrogen-bond acceptors (Lipinski definition) is 6. The first-order chi connectivity index (χ1) is 16.0. The van der Waals surface area contributed by atoms with E-state index in [4.69, 9.17) is 4.74 Å². The van der Waals surface area contributed by atoms with Gasteiger partial charge in [-0.25, -0.2) is 4.79 Å². The number of allylic oxidation sites excluding steroid dienone is 1. The predicted molar refractivity (Wildman–Crippen MR) is 129 cm³/mol. The van der Waals surface area contributed by atoms with Crippen molar-refractivity contribution < 1.29 is 23.9 Å². The molecule has 0 aliphatic rings. The van der Waals surface area contributed by atoms with Gasteiger partial charge in [0.25, 0.3) is 5.56 Å². The molecule has 3 amide bonds. The van der Waals surface area contributed by atoms with Crippen LogP contribution >= 0.6 is 0 Å². The van der Waals surface area contributed by atoms with Crippen LogP contribution in [-0.4, -0.2) is 47.5 Å². The second kappa shape index (κ2) is 14.7. The Kier molecular flexibility index (Phi) is 12.3. The number of rotatable bonds is 13. The molecule has 0 aliphatic carbocycles. The zero-order valence-corrected chi connectivity index (χ0v) is 20.6. The Morgan fingerprint density at radius 2 is 1.85 bits per heavy atom. The molecule has 10 heteroatoms. The number of aryl methyl sites for hydroxylation is 1. The summed E-state index contributed by atoms with van der Waals surface area (Å²) < 4.78 is 6.08. The van der Waals surface area contributed by atoms with E-state index in [1.165, 1.54) is 23.6 Å². The molecular formula is C24H36N4O6. The largest absolute Gasteiger partial charge is 0.463 e. The molecule has 1 unspecified atom stereocenters. The van der Waals surface area contributed by atoms with Crippen molar-refractivity contribution in [1.29, 1.82) is 0 Å². The number of hydrogen-bond donors (Lipinski definition) is 3. The summed E-state index contributed by atoms with van der Waals surface area (Å²) in [5.41, 5.74) is 0.0589. The fourth-order valence-corrected chi connectivity index (χ4v) is 3.03. The topological polar surface area (TPSA) is 136 Å². The molecule has 1 rings (SSSR count). The summed E-state index contributed by atoms with van der Waals surface area (Å²) >= 11 is 0. The van der Waals surface area contributed by atoms with Gasteiger partial charge >= 0.3 is 5.97 Å². The highest BCUT2D eigenvalue weighted by atomic mass is 16.5. The van der Waals surface area contributed by atoms with E-state index >= 15 is 0 Å². The lowest BCUT2D eigenvalue weighted by molar-refractivity contribution is -0.137. The molecule has 1 aromatic rings. The van der Waals surface area contributed by atoms with Crippen LogP contribution < -0.4 is 21.5 Å². The molecule has 0 bridgehead atoms. The van der Waals surface area contributed by atoms with Crippen LogP contribution in [0.5, 0.6) is 0 Å². The van der Waals surface area contributed by atoms with E-state index in [1.807, 2.05) is 0 Å². The Balaban J connectivity index is 2.88. The number of ether oxygens (including phenoxy) is 1. The van der Waals surface area contributed by atoms with E-state index in [-0.39, 0.29) is 31.2 Å². The maximum atomic E-state index is 12.9. The molecule has 3 N–H and O–H groups in total. The predicted octanol–water partition coefficient (Wildman–Crippen LogP) is 1.66. The summed E-state index contributed by atoms with van der Waals surface area (Å²) in [5, 5.41) is 7.89. The molecule has 10 nitrogen and oxygen atoms in total. The number of amides is 3. The van der Waals surface area contributed by atoms with Crippen molar-refractivity contribution in [2.45, 2.75) is 66.5 Å². The number of carbonyl (C=O) groups excluding carboxylic acids is 4. The lowest BCUT2D eigenvalue weighted by atomic mass is 10.1. The minimum Gasteiger partial charge on any atom is -0.463 e. The highest BCUT2D eigenvalue weighted by molar-refractivity contribution is 5.96. The van der Waals surface area contributed by atoms with Gasteiger partial charge in [0.2, 0.25) is 17.7 Å². The number of aromatic nitrogens is 1. The van der Waals surface area contributed by atoms with Crippen molar-refractivity contribution in [2.75, 3.05) is 18.5 Å². The summed E-state index contributed by atoms with van der Waals surface area (Å²) in [6.45, 7) is 9.39. The zero-order chi connectivity index (χ0) is 25.7. The van der Waals surface area contributed by atoms with Crippen LogP contribution in [0.2, 0.25) is 0 Å². The second-order valence-corrected chi connectivity index (χ2v) is 8.29. The van der Waals surface area contributed by atoms with Crippen molar-refractivity contribution in [3.8, 4) is 0 Å². The maximum absolute atomic E-state index is 12.9. The van der Waals surface area contributed by atoms with Crippen LogP contribution in [0.15, 0.2) is 29.1 Å². The molecule has 188 valence electrons. The normalized spacial score (nSPS) is 11.8. The summed E-state index contributed by atoms with van der Waals surface area (Å²) in [6.07, 6.45) is 4.18. The Hall–Kier alpha value is -3.43. The molecule has 34 heavy (non-hydrogen) atoms. The molecule has 1 aromatic heterocycles. The lowest BCUT2D eigenvalue weighted by Gasteiger charge is -2.18. The van der Waals surface area contributed by atoms with Crippen LogP contribution in [0.25, 0.3) is 0 Å². The smallest absolute Gasteiger partial charge is 0.330 e. The molecule has 0 aliphatic heterocycles. The third kappa shape index (κ3) is 10.5. The van der Waals surface area contributed by atoms with Crippen molar-refractivity contribution in [3.63, 3.8) is 0 Å². The lowest BCUT2D eigenvalue weighted by Crippen LogP contribution is -2.44. The third-order valence-corrected chi connectivity index (χ3v) is 4.85. The monoisotopic (exact) mass is 476 g/mol. The fraction of sp³-hybridized carbons (Fsp3) is 0.542. The summed E-state index contributed by atoms with van der Waals surface area (Å²) in [4.78, 5) is 60.9. The van der Waals surface area contributed by atoms with Crippen molar-refractivity contribution in [3.05, 3.63) is 40.3 Å². The van der Waals surface area contributed by atoms with Gasteiger partial charge in [-0.2, -0.15) is 0 Å². The molecule has 0 fully saturated rings. The average molecular weight is 477 g/mol. The van der Waals surface area contributed by atoms with Gasteiger partial charge in [-0.3, -0.25) is 19.2 Å². The summed E-state index contributed by atoms with van der Waals surface area (Å²) in [7, 11) is 0. The number of pyridine rings is 1. The SMILES string of the molecule is CCOC(=O)/C=C/CCC(NC(C)=O)C(=O)Nc1ccc(C)n(CC(=O)NCCC(C)C)c1=O. The molecule has 0 radical (unpaired) electrons. The van der Waals surface area contributed by atoms with Gasteiger partial charge in [0.1, 0.15) is 18.3 Å². The van der Waals surface area contributed by atoms with Crippen molar-refractivity contribution in [1.82, 2.24) is 15.2 Å². The first-order valence-corrected chi connectivity index (χ1v) is 11.4. The second-order valence-electron chi connectivity index (χ2n) is 8.29. The van der Waals surface area contributed by atoms with Gasteiger partial charge in [0.15, 0.2) is 0 Å². The summed E-state index contributed by atoms with van der Waals surface area (Å²) in [6, 6.07) is 2.18. The van der Waals surface area contributed by atoms with E-state index in [1.54, 1.807) is 26.0 Å². The van der Waals surface area contributed by atoms with E-state index in [2.05, 4.69) is 29.8 Å². The molecule has 0 saturated heterocycles. The summed E-state index contributed by atoms with van der Waals surface area (Å²) in [5.74, 6) is -1.32. The molecule has 1 atom stereocenters. The highest BCUT2D eigenvalue weighted by Gasteiger charge is 2.21. The highest BCUT2D eigenvalue weighted by Crippen LogP contribution is 2.07. The Labute approximate surface area is 200 Å². The molecule has 0 spiro atoms. The molecule has 0 saturated carbocycles. The van der Waals surface area contributed by atoms with Crippen LogP contribution in [0, 0.1) is 12.8 Å². The Bertz CT molecular complexity index is 951. The quantitative estimate of drug-likeness (QED) is 0.293. The number of esters is 1. The van der Waals surface area contributed by atoms with Crippen LogP contribution in [0.4, 0.5) is 5.69 Å². The van der Waals surface area contributed by atoms with Crippen LogP contribution in [0.3, 0.4) is 0 Å². The Morgan fingerprint density at radius 3 is 2.47 bits per heavy atom. The number of nitrogens with zero attached hydrogens (tertiary/aromatic N) is 1. The van der Waals surface area contributed by atoms with Gasteiger partial charge in [-0.05, 0) is 51.2 Å². The van der Waals surface area contributed by atoms with E-state index < -0.39 is 29.4 Å². The molecular weight excluding hydrogens is 440 g/mol. The first-order valence-electron chi connectivity index (χ1n) is 11.4. The fourth-order valence-electron chi connectivity index (χ4n) is 3.03.